The Morgan fingerprint density at radius 2 is 1.70 bits per heavy atom. The third-order valence-corrected chi connectivity index (χ3v) is 12.9. The molecule has 2 amide bonds. The molecule has 1 aromatic carbocycles. The molecule has 0 bridgehead atoms. The molecule has 8 nitrogen and oxygen atoms in total. The summed E-state index contributed by atoms with van der Waals surface area (Å²) in [6.45, 7) is 13.4. The van der Waals surface area contributed by atoms with Gasteiger partial charge in [0.05, 0.1) is 31.0 Å². The first-order valence-corrected chi connectivity index (χ1v) is 14.0. The number of hydrogen-bond donors (Lipinski definition) is 3. The van der Waals surface area contributed by atoms with E-state index in [4.69, 9.17) is 9.16 Å². The average molecular weight is 481 g/mol. The fraction of sp³-hybridized carbons (Fsp3) is 0.667. The number of aliphatic hydroxyl groups is 1. The van der Waals surface area contributed by atoms with E-state index in [0.717, 1.165) is 12.8 Å². The molecular formula is C24H40N2O6Si. The number of anilines is 1. The summed E-state index contributed by atoms with van der Waals surface area (Å²) in [6, 6.07) is 2.85. The molecule has 0 aliphatic carbocycles. The van der Waals surface area contributed by atoms with Crippen molar-refractivity contribution < 1.29 is 29.0 Å². The Kier molecular flexibility index (Phi) is 9.19. The van der Waals surface area contributed by atoms with Crippen LogP contribution in [0.3, 0.4) is 0 Å². The lowest BCUT2D eigenvalue weighted by Gasteiger charge is -2.42. The summed E-state index contributed by atoms with van der Waals surface area (Å²) in [5, 5.41) is 21.6. The first kappa shape index (κ1) is 27.0. The van der Waals surface area contributed by atoms with Crippen molar-refractivity contribution >= 4 is 26.0 Å². The number of methoxy groups -OCH3 is 1. The number of aliphatic hydroxyl groups excluding tert-OH is 1. The second kappa shape index (κ2) is 11.2. The van der Waals surface area contributed by atoms with E-state index >= 15 is 0 Å². The summed E-state index contributed by atoms with van der Waals surface area (Å²) >= 11 is 0. The third kappa shape index (κ3) is 5.63. The number of benzene rings is 1. The number of carbonyl (C=O) groups excluding carboxylic acids is 1. The SMILES string of the molecule is COc1cc(C(=O)N2CCCC[C@H]2CO)c(NC(=O)O)cc1O[Si](C(C)C)(C(C)C)C(C)C. The number of carboxylic acid groups (broad SMARTS) is 1. The Bertz CT molecular complexity index is 821. The van der Waals surface area contributed by atoms with E-state index in [2.05, 4.69) is 46.9 Å². The van der Waals surface area contributed by atoms with Crippen molar-refractivity contribution in [2.75, 3.05) is 25.6 Å². The van der Waals surface area contributed by atoms with Gasteiger partial charge in [-0.3, -0.25) is 10.1 Å². The van der Waals surface area contributed by atoms with Crippen molar-refractivity contribution in [3.63, 3.8) is 0 Å². The predicted molar refractivity (Wildman–Crippen MR) is 132 cm³/mol. The van der Waals surface area contributed by atoms with Crippen LogP contribution in [0.2, 0.25) is 16.6 Å². The van der Waals surface area contributed by atoms with Crippen molar-refractivity contribution in [3.8, 4) is 11.5 Å². The van der Waals surface area contributed by atoms with Crippen LogP contribution in [0.15, 0.2) is 12.1 Å². The average Bonchev–Trinajstić information content (AvgIpc) is 2.75. The molecule has 2 rings (SSSR count). The second-order valence-corrected chi connectivity index (χ2v) is 15.1. The van der Waals surface area contributed by atoms with E-state index in [9.17, 15) is 19.8 Å². The van der Waals surface area contributed by atoms with Crippen LogP contribution in [0.25, 0.3) is 0 Å². The first-order chi connectivity index (χ1) is 15.5. The van der Waals surface area contributed by atoms with Gasteiger partial charge in [0.25, 0.3) is 14.2 Å². The van der Waals surface area contributed by atoms with Crippen molar-refractivity contribution in [2.24, 2.45) is 0 Å². The van der Waals surface area contributed by atoms with Gasteiger partial charge in [-0.15, -0.1) is 0 Å². The van der Waals surface area contributed by atoms with Crippen LogP contribution >= 0.6 is 0 Å². The maximum absolute atomic E-state index is 13.5. The second-order valence-electron chi connectivity index (χ2n) is 9.73. The molecule has 1 aliphatic heterocycles. The van der Waals surface area contributed by atoms with Gasteiger partial charge < -0.3 is 24.3 Å². The van der Waals surface area contributed by atoms with Crippen LogP contribution in [0.4, 0.5) is 10.5 Å². The minimum atomic E-state index is -2.36. The minimum absolute atomic E-state index is 0.128. The molecule has 0 radical (unpaired) electrons. The molecule has 3 N–H and O–H groups in total. The topological polar surface area (TPSA) is 108 Å². The van der Waals surface area contributed by atoms with Crippen molar-refractivity contribution in [1.82, 2.24) is 4.90 Å². The Balaban J connectivity index is 2.61. The van der Waals surface area contributed by atoms with Crippen LogP contribution in [-0.2, 0) is 0 Å². The summed E-state index contributed by atoms with van der Waals surface area (Å²) in [5.41, 5.74) is 1.26. The third-order valence-electron chi connectivity index (χ3n) is 6.87. The number of amides is 2. The predicted octanol–water partition coefficient (Wildman–Crippen LogP) is 5.33. The Morgan fingerprint density at radius 3 is 2.18 bits per heavy atom. The molecule has 9 heteroatoms. The molecule has 0 aromatic heterocycles. The maximum atomic E-state index is 13.5. The number of piperidine rings is 1. The number of likely N-dealkylation sites (tertiary alicyclic amines) is 1. The van der Waals surface area contributed by atoms with Gasteiger partial charge in [0.1, 0.15) is 5.75 Å². The standard InChI is InChI=1S/C24H40N2O6Si/c1-15(2)33(16(3)4,17(5)6)32-22-13-20(25-24(29)30)19(12-21(22)31-7)23(28)26-11-9-8-10-18(26)14-27/h12-13,15-18,25,27H,8-11,14H2,1-7H3,(H,29,30)/t18-/m0/s1. The molecule has 1 atom stereocenters. The number of nitrogens with one attached hydrogen (secondary N) is 1. The summed E-state index contributed by atoms with van der Waals surface area (Å²) in [5.74, 6) is 0.506. The van der Waals surface area contributed by atoms with Gasteiger partial charge in [0, 0.05) is 12.6 Å². The lowest BCUT2D eigenvalue weighted by molar-refractivity contribution is 0.0503. The van der Waals surface area contributed by atoms with Gasteiger partial charge in [-0.2, -0.15) is 0 Å². The molecule has 0 unspecified atom stereocenters. The highest BCUT2D eigenvalue weighted by atomic mass is 28.4. The van der Waals surface area contributed by atoms with Gasteiger partial charge in [-0.1, -0.05) is 41.5 Å². The summed E-state index contributed by atoms with van der Waals surface area (Å²) in [7, 11) is -0.841. The Morgan fingerprint density at radius 1 is 1.09 bits per heavy atom. The van der Waals surface area contributed by atoms with Gasteiger partial charge in [-0.05, 0) is 42.0 Å². The summed E-state index contributed by atoms with van der Waals surface area (Å²) < 4.78 is 12.4. The Hall–Kier alpha value is -2.26. The number of nitrogens with zero attached hydrogens (tertiary/aromatic N) is 1. The molecule has 1 aliphatic rings. The normalized spacial score (nSPS) is 16.9. The molecular weight excluding hydrogens is 440 g/mol. The quantitative estimate of drug-likeness (QED) is 0.413. The van der Waals surface area contributed by atoms with E-state index in [1.807, 2.05) is 0 Å². The maximum Gasteiger partial charge on any atom is 0.409 e. The zero-order valence-electron chi connectivity index (χ0n) is 21.0. The molecule has 1 saturated heterocycles. The van der Waals surface area contributed by atoms with Gasteiger partial charge >= 0.3 is 6.09 Å². The Labute approximate surface area is 198 Å². The number of hydrogen-bond acceptors (Lipinski definition) is 5. The highest BCUT2D eigenvalue weighted by molar-refractivity contribution is 6.78. The number of carbonyl (C=O) groups is 2. The lowest BCUT2D eigenvalue weighted by atomic mass is 10.0. The zero-order chi connectivity index (χ0) is 24.9. The molecule has 0 saturated carbocycles. The molecule has 0 spiro atoms. The smallest absolute Gasteiger partial charge is 0.409 e. The zero-order valence-corrected chi connectivity index (χ0v) is 22.0. The highest BCUT2D eigenvalue weighted by Crippen LogP contribution is 2.46. The molecule has 1 aromatic rings. The summed E-state index contributed by atoms with van der Waals surface area (Å²) in [4.78, 5) is 26.7. The highest BCUT2D eigenvalue weighted by Gasteiger charge is 2.47. The van der Waals surface area contributed by atoms with E-state index < -0.39 is 14.4 Å². The fourth-order valence-corrected chi connectivity index (χ4v) is 10.6. The van der Waals surface area contributed by atoms with E-state index in [0.29, 0.717) is 41.1 Å². The van der Waals surface area contributed by atoms with Gasteiger partial charge in [-0.25, -0.2) is 4.79 Å². The summed E-state index contributed by atoms with van der Waals surface area (Å²) in [6.07, 6.45) is 1.23. The van der Waals surface area contributed by atoms with E-state index in [1.165, 1.54) is 7.11 Å². The number of rotatable bonds is 9. The minimum Gasteiger partial charge on any atom is -0.540 e. The molecule has 1 fully saturated rings. The van der Waals surface area contributed by atoms with Crippen molar-refractivity contribution in [2.45, 2.75) is 83.5 Å². The lowest BCUT2D eigenvalue weighted by Crippen LogP contribution is -2.50. The monoisotopic (exact) mass is 480 g/mol. The van der Waals surface area contributed by atoms with Crippen molar-refractivity contribution in [3.05, 3.63) is 17.7 Å². The van der Waals surface area contributed by atoms with E-state index in [1.54, 1.807) is 17.0 Å². The fourth-order valence-electron chi connectivity index (χ4n) is 5.35. The largest absolute Gasteiger partial charge is 0.540 e. The van der Waals surface area contributed by atoms with Gasteiger partial charge in [0.15, 0.2) is 5.75 Å². The van der Waals surface area contributed by atoms with Crippen LogP contribution in [0.5, 0.6) is 11.5 Å². The molecule has 1 heterocycles. The molecule has 33 heavy (non-hydrogen) atoms. The van der Waals surface area contributed by atoms with Crippen LogP contribution in [-0.4, -0.2) is 61.7 Å². The van der Waals surface area contributed by atoms with Gasteiger partial charge in [0.2, 0.25) is 0 Å². The van der Waals surface area contributed by atoms with Crippen LogP contribution in [0.1, 0.15) is 71.2 Å². The van der Waals surface area contributed by atoms with Crippen LogP contribution in [0, 0.1) is 0 Å². The molecule has 186 valence electrons. The van der Waals surface area contributed by atoms with Crippen LogP contribution < -0.4 is 14.5 Å². The van der Waals surface area contributed by atoms with Crippen molar-refractivity contribution in [1.29, 1.82) is 0 Å². The first-order valence-electron chi connectivity index (χ1n) is 11.8. The van der Waals surface area contributed by atoms with E-state index in [-0.39, 0.29) is 29.8 Å². The number of ether oxygens (including phenoxy) is 1.